The summed E-state index contributed by atoms with van der Waals surface area (Å²) < 4.78 is 0. The Bertz CT molecular complexity index is 1180. The van der Waals surface area contributed by atoms with E-state index in [0.29, 0.717) is 16.8 Å². The van der Waals surface area contributed by atoms with Crippen LogP contribution in [0.4, 0.5) is 0 Å². The first kappa shape index (κ1) is 17.3. The molecular weight excluding hydrogens is 360 g/mol. The number of Topliss-reactive ketones (excluding diaryl/α,β-unsaturated/α-hetero) is 1. The fourth-order valence-corrected chi connectivity index (χ4v) is 4.00. The number of hydrogen-bond acceptors (Lipinski definition) is 4. The second kappa shape index (κ2) is 6.99. The quantitative estimate of drug-likeness (QED) is 0.605. The normalized spacial score (nSPS) is 20.6. The van der Waals surface area contributed by atoms with Gasteiger partial charge in [-0.05, 0) is 17.2 Å². The number of rotatable bonds is 3. The lowest BCUT2D eigenvalue weighted by Crippen LogP contribution is -2.13. The molecular formula is C25H18N2O2. The predicted octanol–water partition coefficient (Wildman–Crippen LogP) is 6.03. The first-order chi connectivity index (χ1) is 14.2. The van der Waals surface area contributed by atoms with Crippen molar-refractivity contribution >= 4 is 11.5 Å². The van der Waals surface area contributed by atoms with Crippen LogP contribution in [0.25, 0.3) is 5.76 Å². The number of carbonyl (C=O) groups is 1. The highest BCUT2D eigenvalue weighted by Gasteiger charge is 2.35. The summed E-state index contributed by atoms with van der Waals surface area (Å²) in [7, 11) is 0. The third-order valence-corrected chi connectivity index (χ3v) is 5.44. The predicted molar refractivity (Wildman–Crippen MR) is 112 cm³/mol. The number of aliphatic hydroxyl groups excluding tert-OH is 1. The summed E-state index contributed by atoms with van der Waals surface area (Å²) in [6, 6.07) is 26.9. The summed E-state index contributed by atoms with van der Waals surface area (Å²) in [6.07, 6.45) is 1.95. The molecule has 0 unspecified atom stereocenters. The van der Waals surface area contributed by atoms with Crippen LogP contribution in [0.15, 0.2) is 113 Å². The molecule has 1 aliphatic heterocycles. The SMILES string of the molecule is O=C1C(C2=C[C@H](c3ccccc3)[C@H](c3ccccc3)N=N2)=C(O)c2ccccc21. The Balaban J connectivity index is 1.61. The standard InChI is InChI=1S/C25H18N2O2/c28-24-18-13-7-8-14-19(18)25(29)22(24)21-15-20(16-9-3-1-4-10-16)23(27-26-21)17-11-5-2-6-12-17/h1-15,20,23,28H/t20-,23+/m1/s1. The fraction of sp³-hybridized carbons (Fsp3) is 0.0800. The molecule has 3 aromatic rings. The highest BCUT2D eigenvalue weighted by Crippen LogP contribution is 2.43. The maximum Gasteiger partial charge on any atom is 0.199 e. The molecule has 29 heavy (non-hydrogen) atoms. The topological polar surface area (TPSA) is 62.0 Å². The van der Waals surface area contributed by atoms with E-state index in [1.807, 2.05) is 54.6 Å². The number of hydrogen-bond donors (Lipinski definition) is 1. The van der Waals surface area contributed by atoms with Crippen molar-refractivity contribution in [3.8, 4) is 0 Å². The molecule has 0 saturated carbocycles. The summed E-state index contributed by atoms with van der Waals surface area (Å²) >= 11 is 0. The second-order valence-corrected chi connectivity index (χ2v) is 7.16. The maximum absolute atomic E-state index is 12.9. The largest absolute Gasteiger partial charge is 0.506 e. The van der Waals surface area contributed by atoms with E-state index in [4.69, 9.17) is 0 Å². The van der Waals surface area contributed by atoms with Crippen molar-refractivity contribution in [2.24, 2.45) is 10.2 Å². The third kappa shape index (κ3) is 2.90. The van der Waals surface area contributed by atoms with Crippen molar-refractivity contribution in [2.75, 3.05) is 0 Å². The van der Waals surface area contributed by atoms with E-state index in [-0.39, 0.29) is 29.1 Å². The molecule has 0 aromatic heterocycles. The molecule has 0 fully saturated rings. The molecule has 3 aromatic carbocycles. The number of carbonyl (C=O) groups excluding carboxylic acids is 1. The molecule has 0 bridgehead atoms. The molecule has 2 atom stereocenters. The molecule has 1 aliphatic carbocycles. The smallest absolute Gasteiger partial charge is 0.199 e. The van der Waals surface area contributed by atoms with Crippen molar-refractivity contribution in [2.45, 2.75) is 12.0 Å². The van der Waals surface area contributed by atoms with Crippen LogP contribution in [0.1, 0.15) is 39.0 Å². The molecule has 0 radical (unpaired) electrons. The lowest BCUT2D eigenvalue weighted by molar-refractivity contribution is 0.103. The number of aliphatic hydroxyl groups is 1. The van der Waals surface area contributed by atoms with E-state index in [1.165, 1.54) is 0 Å². The zero-order valence-corrected chi connectivity index (χ0v) is 15.6. The lowest BCUT2D eigenvalue weighted by atomic mass is 9.85. The number of allylic oxidation sites excluding steroid dienone is 1. The van der Waals surface area contributed by atoms with Gasteiger partial charge < -0.3 is 5.11 Å². The van der Waals surface area contributed by atoms with E-state index >= 15 is 0 Å². The minimum atomic E-state index is -0.215. The van der Waals surface area contributed by atoms with E-state index < -0.39 is 0 Å². The van der Waals surface area contributed by atoms with Crippen LogP contribution >= 0.6 is 0 Å². The molecule has 1 heterocycles. The van der Waals surface area contributed by atoms with Gasteiger partial charge in [0.25, 0.3) is 0 Å². The Hall–Kier alpha value is -3.79. The van der Waals surface area contributed by atoms with Crippen LogP contribution in [0, 0.1) is 0 Å². The maximum atomic E-state index is 12.9. The summed E-state index contributed by atoms with van der Waals surface area (Å²) in [6.45, 7) is 0. The minimum Gasteiger partial charge on any atom is -0.506 e. The zero-order chi connectivity index (χ0) is 19.8. The van der Waals surface area contributed by atoms with Gasteiger partial charge in [-0.15, -0.1) is 0 Å². The van der Waals surface area contributed by atoms with Crippen molar-refractivity contribution in [3.63, 3.8) is 0 Å². The fourth-order valence-electron chi connectivity index (χ4n) is 4.00. The molecule has 4 heteroatoms. The Morgan fingerprint density at radius 1 is 0.724 bits per heavy atom. The number of benzene rings is 3. The van der Waals surface area contributed by atoms with E-state index in [2.05, 4.69) is 22.4 Å². The molecule has 1 N–H and O–H groups in total. The summed E-state index contributed by atoms with van der Waals surface area (Å²) in [5.74, 6) is -0.336. The Morgan fingerprint density at radius 3 is 1.97 bits per heavy atom. The van der Waals surface area contributed by atoms with E-state index in [9.17, 15) is 9.90 Å². The van der Waals surface area contributed by atoms with Gasteiger partial charge >= 0.3 is 0 Å². The lowest BCUT2D eigenvalue weighted by Gasteiger charge is -2.25. The first-order valence-corrected chi connectivity index (χ1v) is 9.54. The van der Waals surface area contributed by atoms with Gasteiger partial charge in [-0.1, -0.05) is 84.9 Å². The van der Waals surface area contributed by atoms with Crippen molar-refractivity contribution in [1.82, 2.24) is 0 Å². The van der Waals surface area contributed by atoms with Gasteiger partial charge in [0.15, 0.2) is 5.78 Å². The van der Waals surface area contributed by atoms with Gasteiger partial charge in [0.2, 0.25) is 0 Å². The molecule has 0 saturated heterocycles. The van der Waals surface area contributed by atoms with E-state index in [0.717, 1.165) is 11.1 Å². The van der Waals surface area contributed by atoms with Crippen LogP contribution < -0.4 is 0 Å². The van der Waals surface area contributed by atoms with Gasteiger partial charge in [0, 0.05) is 17.0 Å². The van der Waals surface area contributed by atoms with Crippen molar-refractivity contribution in [3.05, 3.63) is 125 Å². The minimum absolute atomic E-state index is 0.0271. The average molecular weight is 378 g/mol. The number of fused-ring (bicyclic) bond motifs is 1. The molecule has 0 spiro atoms. The molecule has 0 amide bonds. The first-order valence-electron chi connectivity index (χ1n) is 9.54. The van der Waals surface area contributed by atoms with Crippen LogP contribution in [0.3, 0.4) is 0 Å². The number of azo groups is 1. The molecule has 140 valence electrons. The summed E-state index contributed by atoms with van der Waals surface area (Å²) in [5, 5.41) is 19.7. The van der Waals surface area contributed by atoms with Crippen molar-refractivity contribution in [1.29, 1.82) is 0 Å². The van der Waals surface area contributed by atoms with Gasteiger partial charge in [-0.2, -0.15) is 10.2 Å². The Kier molecular flexibility index (Phi) is 4.17. The molecule has 5 rings (SSSR count). The van der Waals surface area contributed by atoms with Gasteiger partial charge in [-0.25, -0.2) is 0 Å². The third-order valence-electron chi connectivity index (χ3n) is 5.44. The molecule has 4 nitrogen and oxygen atoms in total. The number of ketones is 1. The van der Waals surface area contributed by atoms with Gasteiger partial charge in [0.05, 0.1) is 11.3 Å². The Morgan fingerprint density at radius 2 is 1.31 bits per heavy atom. The van der Waals surface area contributed by atoms with Crippen LogP contribution in [-0.4, -0.2) is 10.9 Å². The van der Waals surface area contributed by atoms with E-state index in [1.54, 1.807) is 24.3 Å². The summed E-state index contributed by atoms with van der Waals surface area (Å²) in [4.78, 5) is 12.9. The van der Waals surface area contributed by atoms with Crippen LogP contribution in [0.2, 0.25) is 0 Å². The average Bonchev–Trinajstić information content (AvgIpc) is 3.05. The van der Waals surface area contributed by atoms with Crippen molar-refractivity contribution < 1.29 is 9.90 Å². The monoisotopic (exact) mass is 378 g/mol. The van der Waals surface area contributed by atoms with Crippen LogP contribution in [0.5, 0.6) is 0 Å². The highest BCUT2D eigenvalue weighted by atomic mass is 16.3. The Labute approximate surface area is 168 Å². The molecule has 2 aliphatic rings. The van der Waals surface area contributed by atoms with Gasteiger partial charge in [-0.3, -0.25) is 4.79 Å². The summed E-state index contributed by atoms with van der Waals surface area (Å²) in [5.41, 5.74) is 3.83. The number of nitrogens with zero attached hydrogens (tertiary/aromatic N) is 2. The highest BCUT2D eigenvalue weighted by molar-refractivity contribution is 6.22. The van der Waals surface area contributed by atoms with Gasteiger partial charge in [0.1, 0.15) is 11.8 Å². The zero-order valence-electron chi connectivity index (χ0n) is 15.6. The van der Waals surface area contributed by atoms with Crippen LogP contribution in [-0.2, 0) is 0 Å². The second-order valence-electron chi connectivity index (χ2n) is 7.16.